The molecular weight excluding hydrogens is 304 g/mol. The second-order valence-corrected chi connectivity index (χ2v) is 5.71. The molecular formula is C13H14BrF2NO. The number of hydrogen-bond acceptors (Lipinski definition) is 1. The molecule has 1 unspecified atom stereocenters. The third-order valence-electron chi connectivity index (χ3n) is 3.03. The number of hydrogen-bond donors (Lipinski definition) is 1. The first kappa shape index (κ1) is 13.5. The first-order valence-corrected chi connectivity index (χ1v) is 6.83. The van der Waals surface area contributed by atoms with E-state index in [1.54, 1.807) is 0 Å². The Balaban J connectivity index is 1.86. The molecule has 1 amide bonds. The fourth-order valence-corrected chi connectivity index (χ4v) is 2.45. The van der Waals surface area contributed by atoms with Crippen molar-refractivity contribution in [3.63, 3.8) is 0 Å². The minimum absolute atomic E-state index is 0.174. The third-order valence-corrected chi connectivity index (χ3v) is 4.10. The van der Waals surface area contributed by atoms with Crippen LogP contribution in [0.5, 0.6) is 0 Å². The second kappa shape index (κ2) is 5.78. The highest BCUT2D eigenvalue weighted by Gasteiger charge is 2.29. The van der Waals surface area contributed by atoms with E-state index in [0.717, 1.165) is 12.1 Å². The predicted octanol–water partition coefficient (Wildman–Crippen LogP) is 2.80. The second-order valence-electron chi connectivity index (χ2n) is 4.53. The Morgan fingerprint density at radius 3 is 2.56 bits per heavy atom. The van der Waals surface area contributed by atoms with E-state index in [0.29, 0.717) is 12.5 Å². The van der Waals surface area contributed by atoms with Crippen LogP contribution in [0.3, 0.4) is 0 Å². The van der Waals surface area contributed by atoms with Crippen molar-refractivity contribution in [3.05, 3.63) is 35.4 Å². The number of halogens is 3. The van der Waals surface area contributed by atoms with Gasteiger partial charge in [-0.25, -0.2) is 8.78 Å². The standard InChI is InChI=1S/C13H14BrF2NO/c14-10(8-4-5-8)7-17-13(18)6-9-11(15)2-1-3-12(9)16/h1-3,8,10H,4-7H2,(H,17,18). The summed E-state index contributed by atoms with van der Waals surface area (Å²) in [4.78, 5) is 11.9. The van der Waals surface area contributed by atoms with Gasteiger partial charge in [0.25, 0.3) is 0 Å². The lowest BCUT2D eigenvalue weighted by molar-refractivity contribution is -0.120. The fourth-order valence-electron chi connectivity index (χ4n) is 1.76. The molecule has 1 atom stereocenters. The smallest absolute Gasteiger partial charge is 0.224 e. The zero-order chi connectivity index (χ0) is 13.1. The van der Waals surface area contributed by atoms with Crippen LogP contribution in [-0.4, -0.2) is 17.3 Å². The molecule has 1 aliphatic rings. The molecule has 1 aromatic carbocycles. The van der Waals surface area contributed by atoms with Crippen molar-refractivity contribution in [3.8, 4) is 0 Å². The highest BCUT2D eigenvalue weighted by atomic mass is 79.9. The van der Waals surface area contributed by atoms with E-state index in [4.69, 9.17) is 0 Å². The van der Waals surface area contributed by atoms with Gasteiger partial charge in [0, 0.05) is 16.9 Å². The highest BCUT2D eigenvalue weighted by Crippen LogP contribution is 2.36. The first-order chi connectivity index (χ1) is 8.58. The highest BCUT2D eigenvalue weighted by molar-refractivity contribution is 9.09. The van der Waals surface area contributed by atoms with Gasteiger partial charge in [-0.15, -0.1) is 0 Å². The summed E-state index contributed by atoms with van der Waals surface area (Å²) in [5.74, 6) is -1.09. The van der Waals surface area contributed by atoms with Crippen molar-refractivity contribution in [1.29, 1.82) is 0 Å². The number of nitrogens with one attached hydrogen (secondary N) is 1. The summed E-state index contributed by atoms with van der Waals surface area (Å²) in [6.45, 7) is 0.500. The maximum atomic E-state index is 13.3. The molecule has 5 heteroatoms. The van der Waals surface area contributed by atoms with Gasteiger partial charge in [0.05, 0.1) is 6.42 Å². The van der Waals surface area contributed by atoms with Crippen molar-refractivity contribution in [2.24, 2.45) is 5.92 Å². The number of alkyl halides is 1. The summed E-state index contributed by atoms with van der Waals surface area (Å²) >= 11 is 3.48. The third kappa shape index (κ3) is 3.51. The molecule has 18 heavy (non-hydrogen) atoms. The Labute approximate surface area is 113 Å². The summed E-state index contributed by atoms with van der Waals surface area (Å²) in [6.07, 6.45) is 2.09. The quantitative estimate of drug-likeness (QED) is 0.831. The first-order valence-electron chi connectivity index (χ1n) is 5.91. The number of carbonyl (C=O) groups excluding carboxylic acids is 1. The Morgan fingerprint density at radius 1 is 1.39 bits per heavy atom. The molecule has 0 heterocycles. The Morgan fingerprint density at radius 2 is 2.00 bits per heavy atom. The zero-order valence-corrected chi connectivity index (χ0v) is 11.3. The van der Waals surface area contributed by atoms with Crippen molar-refractivity contribution in [2.75, 3.05) is 6.54 Å². The molecule has 0 saturated heterocycles. The van der Waals surface area contributed by atoms with Gasteiger partial charge in [0.1, 0.15) is 11.6 Å². The van der Waals surface area contributed by atoms with Crippen LogP contribution in [0.2, 0.25) is 0 Å². The lowest BCUT2D eigenvalue weighted by atomic mass is 10.1. The number of benzene rings is 1. The van der Waals surface area contributed by atoms with Crippen molar-refractivity contribution < 1.29 is 13.6 Å². The summed E-state index contributed by atoms with van der Waals surface area (Å²) in [6, 6.07) is 3.60. The van der Waals surface area contributed by atoms with Gasteiger partial charge in [0.2, 0.25) is 5.91 Å². The largest absolute Gasteiger partial charge is 0.355 e. The van der Waals surface area contributed by atoms with E-state index in [1.165, 1.54) is 18.9 Å². The lowest BCUT2D eigenvalue weighted by Crippen LogP contribution is -2.32. The van der Waals surface area contributed by atoms with Gasteiger partial charge in [-0.1, -0.05) is 22.0 Å². The van der Waals surface area contributed by atoms with Crippen LogP contribution in [0.15, 0.2) is 18.2 Å². The van der Waals surface area contributed by atoms with Gasteiger partial charge in [0.15, 0.2) is 0 Å². The fraction of sp³-hybridized carbons (Fsp3) is 0.462. The summed E-state index contributed by atoms with van der Waals surface area (Å²) < 4.78 is 26.6. The number of rotatable bonds is 5. The molecule has 0 aromatic heterocycles. The van der Waals surface area contributed by atoms with Crippen LogP contribution in [0, 0.1) is 17.6 Å². The lowest BCUT2D eigenvalue weighted by Gasteiger charge is -2.10. The molecule has 1 aromatic rings. The number of carbonyl (C=O) groups is 1. The van der Waals surface area contributed by atoms with Gasteiger partial charge in [-0.05, 0) is 30.9 Å². The molecule has 1 aliphatic carbocycles. The Kier molecular flexibility index (Phi) is 4.32. The van der Waals surface area contributed by atoms with Gasteiger partial charge in [-0.2, -0.15) is 0 Å². The molecule has 1 N–H and O–H groups in total. The van der Waals surface area contributed by atoms with Gasteiger partial charge in [-0.3, -0.25) is 4.79 Å². The number of amides is 1. The van der Waals surface area contributed by atoms with Crippen LogP contribution < -0.4 is 5.32 Å². The summed E-state index contributed by atoms with van der Waals surface area (Å²) in [5, 5.41) is 2.69. The molecule has 1 saturated carbocycles. The maximum absolute atomic E-state index is 13.3. The molecule has 2 rings (SSSR count). The SMILES string of the molecule is O=C(Cc1c(F)cccc1F)NCC(Br)C1CC1. The van der Waals surface area contributed by atoms with Crippen LogP contribution in [0.25, 0.3) is 0 Å². The normalized spacial score (nSPS) is 16.4. The van der Waals surface area contributed by atoms with Crippen LogP contribution in [-0.2, 0) is 11.2 Å². The average molecular weight is 318 g/mol. The molecule has 0 radical (unpaired) electrons. The molecule has 98 valence electrons. The molecule has 2 nitrogen and oxygen atoms in total. The van der Waals surface area contributed by atoms with E-state index in [-0.39, 0.29) is 22.7 Å². The van der Waals surface area contributed by atoms with Crippen LogP contribution >= 0.6 is 15.9 Å². The van der Waals surface area contributed by atoms with Crippen molar-refractivity contribution in [2.45, 2.75) is 24.1 Å². The van der Waals surface area contributed by atoms with Gasteiger partial charge >= 0.3 is 0 Å². The van der Waals surface area contributed by atoms with E-state index in [1.807, 2.05) is 0 Å². The molecule has 0 bridgehead atoms. The Hall–Kier alpha value is -0.970. The minimum atomic E-state index is -0.678. The minimum Gasteiger partial charge on any atom is -0.355 e. The van der Waals surface area contributed by atoms with Crippen molar-refractivity contribution >= 4 is 21.8 Å². The van der Waals surface area contributed by atoms with E-state index in [9.17, 15) is 13.6 Å². The zero-order valence-electron chi connectivity index (χ0n) is 9.76. The maximum Gasteiger partial charge on any atom is 0.224 e. The van der Waals surface area contributed by atoms with E-state index < -0.39 is 11.6 Å². The molecule has 0 spiro atoms. The Bertz CT molecular complexity index is 428. The van der Waals surface area contributed by atoms with E-state index in [2.05, 4.69) is 21.2 Å². The van der Waals surface area contributed by atoms with Crippen molar-refractivity contribution in [1.82, 2.24) is 5.32 Å². The van der Waals surface area contributed by atoms with Crippen LogP contribution in [0.1, 0.15) is 18.4 Å². The monoisotopic (exact) mass is 317 g/mol. The molecule has 0 aliphatic heterocycles. The molecule has 1 fully saturated rings. The van der Waals surface area contributed by atoms with E-state index >= 15 is 0 Å². The average Bonchev–Trinajstić information content (AvgIpc) is 3.15. The van der Waals surface area contributed by atoms with Gasteiger partial charge < -0.3 is 5.32 Å². The predicted molar refractivity (Wildman–Crippen MR) is 68.5 cm³/mol. The summed E-state index contributed by atoms with van der Waals surface area (Å²) in [5.41, 5.74) is -0.174. The summed E-state index contributed by atoms with van der Waals surface area (Å²) in [7, 11) is 0. The topological polar surface area (TPSA) is 29.1 Å². The van der Waals surface area contributed by atoms with Crippen LogP contribution in [0.4, 0.5) is 8.78 Å².